The molecule has 0 aromatic heterocycles. The van der Waals surface area contributed by atoms with Crippen LogP contribution in [0.5, 0.6) is 0 Å². The normalized spacial score (nSPS) is 34.1. The number of rotatable bonds is 2. The van der Waals surface area contributed by atoms with Gasteiger partial charge in [0.2, 0.25) is 0 Å². The molecule has 1 unspecified atom stereocenters. The fourth-order valence-corrected chi connectivity index (χ4v) is 3.18. The number of hydrogen-bond donors (Lipinski definition) is 0. The first-order chi connectivity index (χ1) is 6.58. The molecule has 0 aromatic carbocycles. The van der Waals surface area contributed by atoms with E-state index in [0.717, 1.165) is 12.5 Å². The summed E-state index contributed by atoms with van der Waals surface area (Å²) in [5.74, 6) is 0.966. The maximum Gasteiger partial charge on any atom is 0.0526 e. The van der Waals surface area contributed by atoms with Crippen molar-refractivity contribution in [3.05, 3.63) is 0 Å². The third-order valence-corrected chi connectivity index (χ3v) is 4.62. The van der Waals surface area contributed by atoms with E-state index in [1.54, 1.807) is 0 Å². The Morgan fingerprint density at radius 3 is 2.43 bits per heavy atom. The highest BCUT2D eigenvalue weighted by Crippen LogP contribution is 2.35. The lowest BCUT2D eigenvalue weighted by molar-refractivity contribution is 0.250. The second-order valence-corrected chi connectivity index (χ2v) is 6.33. The fraction of sp³-hybridized carbons (Fsp3) is 1.00. The van der Waals surface area contributed by atoms with Gasteiger partial charge in [0.15, 0.2) is 0 Å². The summed E-state index contributed by atoms with van der Waals surface area (Å²) in [7, 11) is 0. The number of hydrogen-bond acceptors (Lipinski definition) is 1. The molecule has 0 spiro atoms. The van der Waals surface area contributed by atoms with Crippen molar-refractivity contribution in [2.45, 2.75) is 44.9 Å². The van der Waals surface area contributed by atoms with E-state index in [2.05, 4.69) is 18.7 Å². The Hall–Kier alpha value is 0.250. The van der Waals surface area contributed by atoms with E-state index < -0.39 is 0 Å². The molecular formula is C12H22ClN. The van der Waals surface area contributed by atoms with Crippen LogP contribution in [0.3, 0.4) is 0 Å². The zero-order valence-electron chi connectivity index (χ0n) is 9.43. The molecule has 0 radical (unpaired) electrons. The zero-order valence-corrected chi connectivity index (χ0v) is 10.2. The molecule has 0 amide bonds. The molecule has 2 heteroatoms. The summed E-state index contributed by atoms with van der Waals surface area (Å²) in [4.78, 5) is 2.58. The van der Waals surface area contributed by atoms with Gasteiger partial charge in [-0.15, -0.1) is 11.6 Å². The predicted octanol–water partition coefficient (Wildman–Crippen LogP) is 3.13. The highest BCUT2D eigenvalue weighted by Gasteiger charge is 2.38. The van der Waals surface area contributed by atoms with E-state index in [4.69, 9.17) is 11.6 Å². The van der Waals surface area contributed by atoms with Crippen molar-refractivity contribution in [2.24, 2.45) is 11.3 Å². The Labute approximate surface area is 92.8 Å². The van der Waals surface area contributed by atoms with Crippen LogP contribution < -0.4 is 0 Å². The third kappa shape index (κ3) is 2.25. The van der Waals surface area contributed by atoms with Crippen LogP contribution in [-0.2, 0) is 0 Å². The van der Waals surface area contributed by atoms with Crippen molar-refractivity contribution < 1.29 is 0 Å². The van der Waals surface area contributed by atoms with Gasteiger partial charge in [-0.1, -0.05) is 26.7 Å². The maximum atomic E-state index is 6.34. The largest absolute Gasteiger partial charge is 0.301 e. The Balaban J connectivity index is 1.83. The van der Waals surface area contributed by atoms with Gasteiger partial charge in [0, 0.05) is 19.6 Å². The quantitative estimate of drug-likeness (QED) is 0.640. The van der Waals surface area contributed by atoms with E-state index in [1.165, 1.54) is 38.8 Å². The van der Waals surface area contributed by atoms with Crippen LogP contribution >= 0.6 is 11.6 Å². The second kappa shape index (κ2) is 4.02. The van der Waals surface area contributed by atoms with Crippen molar-refractivity contribution in [2.75, 3.05) is 19.6 Å². The summed E-state index contributed by atoms with van der Waals surface area (Å²) >= 11 is 6.34. The molecule has 1 aliphatic heterocycles. The molecule has 2 fully saturated rings. The van der Waals surface area contributed by atoms with E-state index in [0.29, 0.717) is 10.8 Å². The molecule has 2 rings (SSSR count). The van der Waals surface area contributed by atoms with Gasteiger partial charge >= 0.3 is 0 Å². The van der Waals surface area contributed by atoms with E-state index in [9.17, 15) is 0 Å². The minimum absolute atomic E-state index is 0.320. The molecule has 0 bridgehead atoms. The SMILES string of the molecule is CC1(C)CN(CC2CCCC2)CC1Cl. The summed E-state index contributed by atoms with van der Waals surface area (Å²) in [6.45, 7) is 8.17. The third-order valence-electron chi connectivity index (χ3n) is 3.89. The molecule has 1 aliphatic carbocycles. The number of nitrogens with zero attached hydrogens (tertiary/aromatic N) is 1. The lowest BCUT2D eigenvalue weighted by atomic mass is 9.92. The first kappa shape index (κ1) is 10.8. The van der Waals surface area contributed by atoms with Crippen molar-refractivity contribution in [1.29, 1.82) is 0 Å². The summed E-state index contributed by atoms with van der Waals surface area (Å²) in [6, 6.07) is 0. The first-order valence-electron chi connectivity index (χ1n) is 5.94. The van der Waals surface area contributed by atoms with Gasteiger partial charge in [0.05, 0.1) is 5.38 Å². The summed E-state index contributed by atoms with van der Waals surface area (Å²) in [6.07, 6.45) is 5.80. The average Bonchev–Trinajstić information content (AvgIpc) is 2.62. The average molecular weight is 216 g/mol. The van der Waals surface area contributed by atoms with Crippen LogP contribution in [0, 0.1) is 11.3 Å². The van der Waals surface area contributed by atoms with Crippen LogP contribution in [-0.4, -0.2) is 29.9 Å². The molecular weight excluding hydrogens is 194 g/mol. The van der Waals surface area contributed by atoms with Gasteiger partial charge in [0.25, 0.3) is 0 Å². The van der Waals surface area contributed by atoms with Crippen molar-refractivity contribution >= 4 is 11.6 Å². The van der Waals surface area contributed by atoms with Crippen molar-refractivity contribution in [1.82, 2.24) is 4.90 Å². The van der Waals surface area contributed by atoms with Crippen LogP contribution in [0.25, 0.3) is 0 Å². The predicted molar refractivity (Wildman–Crippen MR) is 61.8 cm³/mol. The molecule has 1 saturated heterocycles. The lowest BCUT2D eigenvalue weighted by Gasteiger charge is -2.22. The monoisotopic (exact) mass is 215 g/mol. The minimum atomic E-state index is 0.320. The van der Waals surface area contributed by atoms with Crippen molar-refractivity contribution in [3.63, 3.8) is 0 Å². The number of alkyl halides is 1. The molecule has 1 atom stereocenters. The number of halogens is 1. The molecule has 0 N–H and O–H groups in total. The van der Waals surface area contributed by atoms with Crippen LogP contribution in [0.4, 0.5) is 0 Å². The Morgan fingerprint density at radius 1 is 1.29 bits per heavy atom. The molecule has 2 aliphatic rings. The molecule has 14 heavy (non-hydrogen) atoms. The van der Waals surface area contributed by atoms with E-state index >= 15 is 0 Å². The smallest absolute Gasteiger partial charge is 0.0526 e. The Morgan fingerprint density at radius 2 is 1.93 bits per heavy atom. The summed E-state index contributed by atoms with van der Waals surface area (Å²) in [5, 5.41) is 0.351. The highest BCUT2D eigenvalue weighted by atomic mass is 35.5. The van der Waals surface area contributed by atoms with Gasteiger partial charge in [-0.25, -0.2) is 0 Å². The van der Waals surface area contributed by atoms with Gasteiger partial charge < -0.3 is 4.90 Å². The van der Waals surface area contributed by atoms with Crippen LogP contribution in [0.15, 0.2) is 0 Å². The van der Waals surface area contributed by atoms with Gasteiger partial charge in [-0.2, -0.15) is 0 Å². The molecule has 82 valence electrons. The van der Waals surface area contributed by atoms with Gasteiger partial charge in [-0.05, 0) is 24.2 Å². The topological polar surface area (TPSA) is 3.24 Å². The maximum absolute atomic E-state index is 6.34. The molecule has 1 saturated carbocycles. The van der Waals surface area contributed by atoms with Crippen LogP contribution in [0.2, 0.25) is 0 Å². The first-order valence-corrected chi connectivity index (χ1v) is 6.38. The fourth-order valence-electron chi connectivity index (χ4n) is 2.91. The van der Waals surface area contributed by atoms with Crippen LogP contribution in [0.1, 0.15) is 39.5 Å². The Bertz CT molecular complexity index is 196. The number of likely N-dealkylation sites (tertiary alicyclic amines) is 1. The summed E-state index contributed by atoms with van der Waals surface area (Å²) in [5.41, 5.74) is 0.320. The molecule has 0 aromatic rings. The standard InChI is InChI=1S/C12H22ClN/c1-12(2)9-14(8-11(12)13)7-10-5-3-4-6-10/h10-11H,3-9H2,1-2H3. The Kier molecular flexibility index (Phi) is 3.09. The van der Waals surface area contributed by atoms with E-state index in [-0.39, 0.29) is 0 Å². The van der Waals surface area contributed by atoms with Crippen molar-refractivity contribution in [3.8, 4) is 0 Å². The minimum Gasteiger partial charge on any atom is -0.301 e. The zero-order chi connectivity index (χ0) is 10.2. The van der Waals surface area contributed by atoms with Gasteiger partial charge in [-0.3, -0.25) is 0 Å². The van der Waals surface area contributed by atoms with Gasteiger partial charge in [0.1, 0.15) is 0 Å². The molecule has 1 nitrogen and oxygen atoms in total. The molecule has 1 heterocycles. The summed E-state index contributed by atoms with van der Waals surface area (Å²) < 4.78 is 0. The lowest BCUT2D eigenvalue weighted by Crippen LogP contribution is -2.28. The second-order valence-electron chi connectivity index (χ2n) is 5.80. The van der Waals surface area contributed by atoms with E-state index in [1.807, 2.05) is 0 Å². The highest BCUT2D eigenvalue weighted by molar-refractivity contribution is 6.21.